The number of pyridine rings is 1. The van der Waals surface area contributed by atoms with E-state index in [-0.39, 0.29) is 11.6 Å². The van der Waals surface area contributed by atoms with Gasteiger partial charge >= 0.3 is 0 Å². The number of H-pyrrole nitrogens is 1. The lowest BCUT2D eigenvalue weighted by molar-refractivity contribution is -0.158. The molecule has 1 amide bonds. The Morgan fingerprint density at radius 3 is 2.90 bits per heavy atom. The molecular formula is C23H29N3O4. The molecule has 3 atom stereocenters. The summed E-state index contributed by atoms with van der Waals surface area (Å²) in [7, 11) is 3.66. The number of hydrogen-bond acceptors (Lipinski definition) is 5. The van der Waals surface area contributed by atoms with E-state index in [1.165, 1.54) is 0 Å². The van der Waals surface area contributed by atoms with Gasteiger partial charge < -0.3 is 25.5 Å². The highest BCUT2D eigenvalue weighted by atomic mass is 16.5. The number of nitrogens with zero attached hydrogens (tertiary/aromatic N) is 1. The fraction of sp³-hybridized carbons (Fsp3) is 0.478. The fourth-order valence-electron chi connectivity index (χ4n) is 5.60. The Hall–Kier alpha value is -2.64. The van der Waals surface area contributed by atoms with Crippen LogP contribution in [0.25, 0.3) is 0 Å². The molecule has 3 aliphatic rings. The molecule has 2 bridgehead atoms. The molecule has 2 heterocycles. The Morgan fingerprint density at radius 1 is 1.43 bits per heavy atom. The molecule has 0 aromatic carbocycles. The van der Waals surface area contributed by atoms with Crippen LogP contribution in [-0.4, -0.2) is 53.2 Å². The van der Waals surface area contributed by atoms with E-state index in [1.807, 2.05) is 19.2 Å². The van der Waals surface area contributed by atoms with Crippen molar-refractivity contribution in [1.82, 2.24) is 9.88 Å². The van der Waals surface area contributed by atoms with Gasteiger partial charge in [0.15, 0.2) is 0 Å². The number of ether oxygens (including phenoxy) is 1. The summed E-state index contributed by atoms with van der Waals surface area (Å²) in [6, 6.07) is 1.46. The van der Waals surface area contributed by atoms with E-state index in [9.17, 15) is 14.7 Å². The van der Waals surface area contributed by atoms with Crippen LogP contribution in [0.15, 0.2) is 47.0 Å². The number of carbonyl (C=O) groups excluding carboxylic acids is 1. The lowest BCUT2D eigenvalue weighted by Gasteiger charge is -2.60. The number of likely N-dealkylation sites (N-methyl/N-ethyl adjacent to an activating group) is 1. The third-order valence-corrected chi connectivity index (χ3v) is 7.28. The zero-order valence-corrected chi connectivity index (χ0v) is 17.5. The van der Waals surface area contributed by atoms with Gasteiger partial charge in [-0.25, -0.2) is 0 Å². The van der Waals surface area contributed by atoms with Gasteiger partial charge in [0.2, 0.25) is 0 Å². The number of carbonyl (C=O) groups is 1. The zero-order valence-electron chi connectivity index (χ0n) is 17.5. The summed E-state index contributed by atoms with van der Waals surface area (Å²) in [6.45, 7) is 5.17. The van der Waals surface area contributed by atoms with Crippen molar-refractivity contribution in [2.24, 2.45) is 11.1 Å². The molecule has 7 nitrogen and oxygen atoms in total. The highest BCUT2D eigenvalue weighted by Crippen LogP contribution is 2.55. The predicted molar refractivity (Wildman–Crippen MR) is 114 cm³/mol. The maximum absolute atomic E-state index is 12.4. The molecule has 1 aromatic rings. The maximum atomic E-state index is 12.4. The van der Waals surface area contributed by atoms with E-state index in [0.717, 1.165) is 36.2 Å². The molecule has 0 spiro atoms. The first-order chi connectivity index (χ1) is 14.2. The monoisotopic (exact) mass is 411 g/mol. The number of aliphatic hydroxyl groups is 1. The molecule has 1 fully saturated rings. The molecule has 1 aliphatic heterocycles. The van der Waals surface area contributed by atoms with Crippen molar-refractivity contribution in [3.8, 4) is 0 Å². The van der Waals surface area contributed by atoms with Crippen LogP contribution in [0.4, 0.5) is 0 Å². The topological polar surface area (TPSA) is 109 Å². The quantitative estimate of drug-likeness (QED) is 0.682. The number of nitrogens with two attached hydrogens (primary N) is 1. The molecule has 7 heteroatoms. The SMILES string of the molecule is C=C1/C=C(OC)\C=C/CC[C@H]2N(C)CC[C@@]13Cc1[nH]c(=O)c(C(N)=O)cc1C[C@@]23O. The molecule has 4 rings (SSSR count). The van der Waals surface area contributed by atoms with Crippen LogP contribution in [0, 0.1) is 5.41 Å². The molecule has 2 aliphatic carbocycles. The molecule has 1 aromatic heterocycles. The molecule has 4 N–H and O–H groups in total. The van der Waals surface area contributed by atoms with E-state index in [4.69, 9.17) is 10.5 Å². The van der Waals surface area contributed by atoms with Gasteiger partial charge in [0.05, 0.1) is 12.7 Å². The molecular weight excluding hydrogens is 382 g/mol. The molecule has 30 heavy (non-hydrogen) atoms. The second kappa shape index (κ2) is 7.25. The van der Waals surface area contributed by atoms with Gasteiger partial charge in [-0.2, -0.15) is 0 Å². The Morgan fingerprint density at radius 2 is 2.20 bits per heavy atom. The van der Waals surface area contributed by atoms with Gasteiger partial charge in [-0.3, -0.25) is 9.59 Å². The fourth-order valence-corrected chi connectivity index (χ4v) is 5.60. The Kier molecular flexibility index (Phi) is 4.98. The number of aromatic nitrogens is 1. The van der Waals surface area contributed by atoms with Gasteiger partial charge in [-0.05, 0) is 62.2 Å². The number of rotatable bonds is 2. The Labute approximate surface area is 175 Å². The standard InChI is InChI=1S/C23H29N3O4/c1-14-10-16(30-3)6-4-5-7-19-23(29)12-15-11-17(20(24)27)21(28)25-18(15)13-22(14,23)8-9-26(19)2/h4,6,10-11,19,29H,1,5,7-9,12-13H2,2-3H3,(H2,24,27)(H,25,28)/b6-4-,16-10+/t19-,22-,23-/m1/s1. The first-order valence-corrected chi connectivity index (χ1v) is 10.3. The number of nitrogens with one attached hydrogen (secondary N) is 1. The number of hydrogen-bond donors (Lipinski definition) is 3. The minimum atomic E-state index is -1.11. The van der Waals surface area contributed by atoms with Crippen molar-refractivity contribution in [2.45, 2.75) is 43.7 Å². The third kappa shape index (κ3) is 2.96. The molecule has 0 radical (unpaired) electrons. The first kappa shape index (κ1) is 20.6. The average molecular weight is 412 g/mol. The van der Waals surface area contributed by atoms with Crippen LogP contribution in [-0.2, 0) is 17.6 Å². The normalized spacial score (nSPS) is 34.2. The highest BCUT2D eigenvalue weighted by molar-refractivity contribution is 5.92. The van der Waals surface area contributed by atoms with Crippen LogP contribution in [0.5, 0.6) is 0 Å². The van der Waals surface area contributed by atoms with Crippen LogP contribution in [0.2, 0.25) is 0 Å². The van der Waals surface area contributed by atoms with Crippen LogP contribution >= 0.6 is 0 Å². The number of fused-ring (bicyclic) bond motifs is 1. The summed E-state index contributed by atoms with van der Waals surface area (Å²) in [5.74, 6) is -0.0747. The summed E-state index contributed by atoms with van der Waals surface area (Å²) in [5.41, 5.74) is 5.35. The van der Waals surface area contributed by atoms with Crippen molar-refractivity contribution in [3.05, 3.63) is 69.4 Å². The molecule has 0 saturated carbocycles. The van der Waals surface area contributed by atoms with Gasteiger partial charge in [0.25, 0.3) is 11.5 Å². The van der Waals surface area contributed by atoms with E-state index in [0.29, 0.717) is 25.0 Å². The second-order valence-corrected chi connectivity index (χ2v) is 8.74. The van der Waals surface area contributed by atoms with Gasteiger partial charge in [-0.15, -0.1) is 0 Å². The minimum Gasteiger partial charge on any atom is -0.497 e. The van der Waals surface area contributed by atoms with Gasteiger partial charge in [0, 0.05) is 30.0 Å². The maximum Gasteiger partial charge on any atom is 0.261 e. The summed E-state index contributed by atoms with van der Waals surface area (Å²) in [4.78, 5) is 29.2. The highest BCUT2D eigenvalue weighted by Gasteiger charge is 2.61. The van der Waals surface area contributed by atoms with Crippen molar-refractivity contribution >= 4 is 5.91 Å². The number of piperidine rings is 1. The number of aromatic amines is 1. The van der Waals surface area contributed by atoms with E-state index in [1.54, 1.807) is 13.2 Å². The summed E-state index contributed by atoms with van der Waals surface area (Å²) >= 11 is 0. The van der Waals surface area contributed by atoms with Crippen LogP contribution in [0.3, 0.4) is 0 Å². The van der Waals surface area contributed by atoms with Crippen LogP contribution < -0.4 is 11.3 Å². The predicted octanol–water partition coefficient (Wildman–Crippen LogP) is 1.43. The smallest absolute Gasteiger partial charge is 0.261 e. The zero-order chi connectivity index (χ0) is 21.7. The lowest BCUT2D eigenvalue weighted by atomic mass is 9.52. The number of allylic oxidation sites excluding steroid dienone is 3. The summed E-state index contributed by atoms with van der Waals surface area (Å²) < 4.78 is 5.50. The lowest BCUT2D eigenvalue weighted by Crippen LogP contribution is -2.69. The van der Waals surface area contributed by atoms with Crippen molar-refractivity contribution < 1.29 is 14.6 Å². The largest absolute Gasteiger partial charge is 0.497 e. The first-order valence-electron chi connectivity index (χ1n) is 10.3. The molecule has 1 saturated heterocycles. The van der Waals surface area contributed by atoms with Crippen molar-refractivity contribution in [3.63, 3.8) is 0 Å². The Bertz CT molecular complexity index is 1020. The number of primary amides is 1. The molecule has 0 unspecified atom stereocenters. The van der Waals surface area contributed by atoms with Crippen molar-refractivity contribution in [1.29, 1.82) is 0 Å². The van der Waals surface area contributed by atoms with E-state index >= 15 is 0 Å². The second-order valence-electron chi connectivity index (χ2n) is 8.74. The minimum absolute atomic E-state index is 0.0741. The van der Waals surface area contributed by atoms with Gasteiger partial charge in [-0.1, -0.05) is 12.7 Å². The van der Waals surface area contributed by atoms with E-state index in [2.05, 4.69) is 22.5 Å². The van der Waals surface area contributed by atoms with Crippen molar-refractivity contribution in [2.75, 3.05) is 20.7 Å². The summed E-state index contributed by atoms with van der Waals surface area (Å²) in [5, 5.41) is 12.3. The van der Waals surface area contributed by atoms with Crippen LogP contribution in [0.1, 0.15) is 40.9 Å². The molecule has 160 valence electrons. The Balaban J connectivity index is 1.93. The summed E-state index contributed by atoms with van der Waals surface area (Å²) in [6.07, 6.45) is 8.92. The van der Waals surface area contributed by atoms with Gasteiger partial charge in [0.1, 0.15) is 11.3 Å². The van der Waals surface area contributed by atoms with E-state index < -0.39 is 22.5 Å². The average Bonchev–Trinajstić information content (AvgIpc) is 2.69. The number of amides is 1. The third-order valence-electron chi connectivity index (χ3n) is 7.28. The number of likely N-dealkylation sites (tertiary alicyclic amines) is 1. The number of methoxy groups -OCH3 is 1.